The molecule has 0 radical (unpaired) electrons. The normalized spacial score (nSPS) is 13.2. The van der Waals surface area contributed by atoms with Crippen LogP contribution in [0.1, 0.15) is 26.3 Å². The predicted octanol–water partition coefficient (Wildman–Crippen LogP) is 2.85. The minimum Gasteiger partial charge on any atom is -0.425 e. The van der Waals surface area contributed by atoms with Crippen molar-refractivity contribution in [3.63, 3.8) is 0 Å². The first-order chi connectivity index (χ1) is 11.0. The number of imide groups is 1. The lowest BCUT2D eigenvalue weighted by Gasteiger charge is -2.13. The number of benzene rings is 2. The van der Waals surface area contributed by atoms with Crippen LogP contribution >= 0.6 is 11.6 Å². The summed E-state index contributed by atoms with van der Waals surface area (Å²) in [4.78, 5) is 37.2. The summed E-state index contributed by atoms with van der Waals surface area (Å²) in [5, 5.41) is 0.560. The molecule has 1 aliphatic rings. The summed E-state index contributed by atoms with van der Waals surface area (Å²) in [5.74, 6) is -1.36. The second kappa shape index (κ2) is 5.85. The van der Waals surface area contributed by atoms with Gasteiger partial charge in [0.2, 0.25) is 0 Å². The van der Waals surface area contributed by atoms with Gasteiger partial charge in [-0.3, -0.25) is 14.5 Å². The summed E-state index contributed by atoms with van der Waals surface area (Å²) < 4.78 is 5.16. The molecule has 0 saturated heterocycles. The Balaban J connectivity index is 1.73. The third kappa shape index (κ3) is 2.83. The Labute approximate surface area is 137 Å². The average molecular weight is 330 g/mol. The van der Waals surface area contributed by atoms with Gasteiger partial charge in [0.05, 0.1) is 11.1 Å². The van der Waals surface area contributed by atoms with Crippen molar-refractivity contribution in [1.29, 1.82) is 0 Å². The number of halogens is 1. The molecule has 0 unspecified atom stereocenters. The van der Waals surface area contributed by atoms with E-state index in [0.717, 1.165) is 10.5 Å². The van der Waals surface area contributed by atoms with E-state index in [9.17, 15) is 14.4 Å². The molecule has 0 spiro atoms. The molecule has 2 aromatic carbocycles. The molecule has 1 heterocycles. The lowest BCUT2D eigenvalue weighted by Crippen LogP contribution is -2.36. The zero-order valence-electron chi connectivity index (χ0n) is 12.2. The van der Waals surface area contributed by atoms with Crippen molar-refractivity contribution >= 4 is 29.4 Å². The van der Waals surface area contributed by atoms with Crippen LogP contribution < -0.4 is 4.74 Å². The summed E-state index contributed by atoms with van der Waals surface area (Å²) in [7, 11) is 0. The Hall–Kier alpha value is -2.66. The van der Waals surface area contributed by atoms with Crippen molar-refractivity contribution in [1.82, 2.24) is 4.90 Å². The quantitative estimate of drug-likeness (QED) is 0.493. The molecular formula is C17H12ClNO4. The van der Waals surface area contributed by atoms with Crippen molar-refractivity contribution in [2.24, 2.45) is 0 Å². The van der Waals surface area contributed by atoms with Gasteiger partial charge in [0.25, 0.3) is 11.8 Å². The molecule has 6 heteroatoms. The average Bonchev–Trinajstić information content (AvgIpc) is 2.76. The Morgan fingerprint density at radius 2 is 1.70 bits per heavy atom. The number of nitrogens with zero attached hydrogens (tertiary/aromatic N) is 1. The first-order valence-electron chi connectivity index (χ1n) is 6.89. The van der Waals surface area contributed by atoms with Gasteiger partial charge in [-0.1, -0.05) is 23.7 Å². The molecule has 0 bridgehead atoms. The number of ether oxygens (including phenoxy) is 1. The van der Waals surface area contributed by atoms with Gasteiger partial charge < -0.3 is 4.74 Å². The number of carbonyl (C=O) groups is 3. The number of esters is 1. The van der Waals surface area contributed by atoms with Crippen LogP contribution in [0.4, 0.5) is 0 Å². The zero-order valence-corrected chi connectivity index (χ0v) is 13.0. The third-order valence-corrected chi connectivity index (χ3v) is 3.95. The van der Waals surface area contributed by atoms with Crippen LogP contribution in [0.15, 0.2) is 42.5 Å². The number of fused-ring (bicyclic) bond motifs is 1. The van der Waals surface area contributed by atoms with Crippen LogP contribution in [-0.4, -0.2) is 29.2 Å². The zero-order chi connectivity index (χ0) is 16.6. The topological polar surface area (TPSA) is 63.7 Å². The summed E-state index contributed by atoms with van der Waals surface area (Å²) >= 11 is 5.91. The number of carbonyl (C=O) groups excluding carboxylic acids is 3. The van der Waals surface area contributed by atoms with Gasteiger partial charge in [-0.2, -0.15) is 0 Å². The molecule has 0 atom stereocenters. The molecule has 116 valence electrons. The summed E-state index contributed by atoms with van der Waals surface area (Å²) in [6.45, 7) is 1.35. The molecule has 2 amide bonds. The van der Waals surface area contributed by atoms with Gasteiger partial charge in [-0.15, -0.1) is 0 Å². The maximum Gasteiger partial charge on any atom is 0.331 e. The Morgan fingerprint density at radius 1 is 1.09 bits per heavy atom. The number of rotatable bonds is 3. The highest BCUT2D eigenvalue weighted by Crippen LogP contribution is 2.23. The third-order valence-electron chi connectivity index (χ3n) is 3.53. The first kappa shape index (κ1) is 15.2. The van der Waals surface area contributed by atoms with Gasteiger partial charge in [0.1, 0.15) is 12.3 Å². The van der Waals surface area contributed by atoms with Gasteiger partial charge in [0.15, 0.2) is 0 Å². The fourth-order valence-corrected chi connectivity index (χ4v) is 2.47. The summed E-state index contributed by atoms with van der Waals surface area (Å²) in [6, 6.07) is 11.2. The Bertz CT molecular complexity index is 796. The molecule has 1 aliphatic heterocycles. The second-order valence-corrected chi connectivity index (χ2v) is 5.53. The molecule has 5 nitrogen and oxygen atoms in total. The standard InChI is InChI=1S/C17H12ClNO4/c1-10-8-11(6-7-14(10)18)23-15(20)9-19-16(21)12-4-2-3-5-13(12)17(19)22/h2-8H,9H2,1H3. The number of hydrogen-bond acceptors (Lipinski definition) is 4. The van der Waals surface area contributed by atoms with E-state index in [1.807, 2.05) is 0 Å². The highest BCUT2D eigenvalue weighted by atomic mass is 35.5. The van der Waals surface area contributed by atoms with Gasteiger partial charge in [-0.05, 0) is 42.8 Å². The first-order valence-corrected chi connectivity index (χ1v) is 7.27. The fraction of sp³-hybridized carbons (Fsp3) is 0.118. The van der Waals surface area contributed by atoms with E-state index < -0.39 is 24.3 Å². The summed E-state index contributed by atoms with van der Waals surface area (Å²) in [6.07, 6.45) is 0. The van der Waals surface area contributed by atoms with E-state index in [-0.39, 0.29) is 0 Å². The number of amides is 2. The van der Waals surface area contributed by atoms with E-state index in [0.29, 0.717) is 21.9 Å². The van der Waals surface area contributed by atoms with Gasteiger partial charge >= 0.3 is 5.97 Å². The van der Waals surface area contributed by atoms with Crippen LogP contribution in [0.2, 0.25) is 5.02 Å². The summed E-state index contributed by atoms with van der Waals surface area (Å²) in [5.41, 5.74) is 1.36. The van der Waals surface area contributed by atoms with Gasteiger partial charge in [0, 0.05) is 5.02 Å². The van der Waals surface area contributed by atoms with Crippen molar-refractivity contribution in [3.8, 4) is 5.75 Å². The number of aryl methyl sites for hydroxylation is 1. The maximum atomic E-state index is 12.2. The van der Waals surface area contributed by atoms with E-state index in [1.165, 1.54) is 0 Å². The molecule has 3 rings (SSSR count). The highest BCUT2D eigenvalue weighted by Gasteiger charge is 2.36. The van der Waals surface area contributed by atoms with E-state index in [4.69, 9.17) is 16.3 Å². The Kier molecular flexibility index (Phi) is 3.88. The van der Waals surface area contributed by atoms with Crippen LogP contribution in [0, 0.1) is 6.92 Å². The van der Waals surface area contributed by atoms with Gasteiger partial charge in [-0.25, -0.2) is 4.79 Å². The number of hydrogen-bond donors (Lipinski definition) is 0. The second-order valence-electron chi connectivity index (χ2n) is 5.13. The Morgan fingerprint density at radius 3 is 2.26 bits per heavy atom. The predicted molar refractivity (Wildman–Crippen MR) is 83.6 cm³/mol. The minimum atomic E-state index is -0.693. The lowest BCUT2D eigenvalue weighted by atomic mass is 10.1. The molecule has 23 heavy (non-hydrogen) atoms. The van der Waals surface area contributed by atoms with Crippen molar-refractivity contribution < 1.29 is 19.1 Å². The maximum absolute atomic E-state index is 12.2. The van der Waals surface area contributed by atoms with Crippen LogP contribution in [0.25, 0.3) is 0 Å². The van der Waals surface area contributed by atoms with Crippen LogP contribution in [-0.2, 0) is 4.79 Å². The minimum absolute atomic E-state index is 0.299. The molecule has 2 aromatic rings. The molecular weight excluding hydrogens is 318 g/mol. The largest absolute Gasteiger partial charge is 0.425 e. The molecule has 0 aliphatic carbocycles. The molecule has 0 saturated carbocycles. The fourth-order valence-electron chi connectivity index (χ4n) is 2.36. The monoisotopic (exact) mass is 329 g/mol. The SMILES string of the molecule is Cc1cc(OC(=O)CN2C(=O)c3ccccc3C2=O)ccc1Cl. The van der Waals surface area contributed by atoms with Crippen molar-refractivity contribution in [2.75, 3.05) is 6.54 Å². The van der Waals surface area contributed by atoms with E-state index in [1.54, 1.807) is 49.4 Å². The van der Waals surface area contributed by atoms with E-state index in [2.05, 4.69) is 0 Å². The lowest BCUT2D eigenvalue weighted by molar-refractivity contribution is -0.134. The smallest absolute Gasteiger partial charge is 0.331 e. The molecule has 0 aromatic heterocycles. The van der Waals surface area contributed by atoms with E-state index >= 15 is 0 Å². The molecule has 0 N–H and O–H groups in total. The molecule has 0 fully saturated rings. The van der Waals surface area contributed by atoms with Crippen LogP contribution in [0.5, 0.6) is 5.75 Å². The van der Waals surface area contributed by atoms with Crippen LogP contribution in [0.3, 0.4) is 0 Å². The van der Waals surface area contributed by atoms with Crippen molar-refractivity contribution in [3.05, 3.63) is 64.2 Å². The highest BCUT2D eigenvalue weighted by molar-refractivity contribution is 6.31. The van der Waals surface area contributed by atoms with Crippen molar-refractivity contribution in [2.45, 2.75) is 6.92 Å².